The van der Waals surface area contributed by atoms with Crippen molar-refractivity contribution < 1.29 is 19.4 Å². The molecule has 0 radical (unpaired) electrons. The minimum Gasteiger partial charge on any atom is -0.394 e. The summed E-state index contributed by atoms with van der Waals surface area (Å²) in [5, 5.41) is 9.87. The van der Waals surface area contributed by atoms with Gasteiger partial charge in [0, 0.05) is 29.6 Å². The second-order valence-electron chi connectivity index (χ2n) is 6.47. The van der Waals surface area contributed by atoms with Crippen LogP contribution in [0, 0.1) is 0 Å². The molecule has 2 aliphatic rings. The third kappa shape index (κ3) is 2.79. The monoisotopic (exact) mass is 343 g/mol. The molecule has 0 spiro atoms. The lowest BCUT2D eigenvalue weighted by atomic mass is 9.94. The second-order valence-corrected chi connectivity index (χ2v) is 6.47. The number of aromatic amines is 1. The van der Waals surface area contributed by atoms with Gasteiger partial charge in [-0.2, -0.15) is 0 Å². The molecular weight excluding hydrogens is 322 g/mol. The van der Waals surface area contributed by atoms with E-state index in [-0.39, 0.29) is 31.6 Å². The van der Waals surface area contributed by atoms with Gasteiger partial charge in [0.25, 0.3) is 0 Å². The van der Waals surface area contributed by atoms with Crippen LogP contribution in [0.5, 0.6) is 0 Å². The van der Waals surface area contributed by atoms with Gasteiger partial charge in [0.05, 0.1) is 32.9 Å². The highest BCUT2D eigenvalue weighted by Crippen LogP contribution is 2.32. The third-order valence-electron chi connectivity index (χ3n) is 4.99. The molecule has 132 valence electrons. The standard InChI is InChI=1S/C18H21N3O4/c22-6-8-25-7-5-20-11-17(23)21-10-15-13(9-16(21)18(20)24)12-3-1-2-4-14(12)19-15/h1-4,16,19,22H,5-11H2. The number of carbonyl (C=O) groups is 2. The number of amides is 2. The molecule has 3 heterocycles. The predicted octanol–water partition coefficient (Wildman–Crippen LogP) is 0.272. The maximum Gasteiger partial charge on any atom is 0.246 e. The average Bonchev–Trinajstić information content (AvgIpc) is 2.99. The van der Waals surface area contributed by atoms with Crippen molar-refractivity contribution >= 4 is 22.7 Å². The number of benzene rings is 1. The van der Waals surface area contributed by atoms with Gasteiger partial charge in [-0.25, -0.2) is 0 Å². The number of hydrogen-bond donors (Lipinski definition) is 2. The first-order valence-corrected chi connectivity index (χ1v) is 8.54. The molecule has 0 aliphatic carbocycles. The summed E-state index contributed by atoms with van der Waals surface area (Å²) < 4.78 is 5.23. The van der Waals surface area contributed by atoms with Gasteiger partial charge in [0.15, 0.2) is 0 Å². The van der Waals surface area contributed by atoms with E-state index < -0.39 is 6.04 Å². The molecule has 25 heavy (non-hydrogen) atoms. The molecule has 1 fully saturated rings. The average molecular weight is 343 g/mol. The molecule has 1 aromatic heterocycles. The van der Waals surface area contributed by atoms with Crippen LogP contribution in [-0.4, -0.2) is 70.7 Å². The summed E-state index contributed by atoms with van der Waals surface area (Å²) in [6.45, 7) is 1.43. The number of carbonyl (C=O) groups excluding carboxylic acids is 2. The zero-order chi connectivity index (χ0) is 17.4. The first-order chi connectivity index (χ1) is 12.2. The molecule has 7 heteroatoms. The predicted molar refractivity (Wildman–Crippen MR) is 90.8 cm³/mol. The lowest BCUT2D eigenvalue weighted by Gasteiger charge is -2.42. The Bertz CT molecular complexity index is 816. The highest BCUT2D eigenvalue weighted by Gasteiger charge is 2.42. The minimum atomic E-state index is -0.439. The van der Waals surface area contributed by atoms with Crippen molar-refractivity contribution in [2.45, 2.75) is 19.0 Å². The van der Waals surface area contributed by atoms with E-state index in [1.807, 2.05) is 18.2 Å². The molecule has 7 nitrogen and oxygen atoms in total. The van der Waals surface area contributed by atoms with E-state index in [1.165, 1.54) is 0 Å². The number of nitrogens with zero attached hydrogens (tertiary/aromatic N) is 2. The number of aliphatic hydroxyl groups is 1. The van der Waals surface area contributed by atoms with Crippen molar-refractivity contribution in [3.63, 3.8) is 0 Å². The summed E-state index contributed by atoms with van der Waals surface area (Å²) in [7, 11) is 0. The molecule has 1 saturated heterocycles. The Labute approximate surface area is 145 Å². The molecule has 0 saturated carbocycles. The molecule has 2 aliphatic heterocycles. The van der Waals surface area contributed by atoms with Crippen molar-refractivity contribution in [2.24, 2.45) is 0 Å². The Hall–Kier alpha value is -2.38. The van der Waals surface area contributed by atoms with E-state index >= 15 is 0 Å². The minimum absolute atomic E-state index is 0.0249. The fourth-order valence-electron chi connectivity index (χ4n) is 3.76. The molecule has 0 bridgehead atoms. The fraction of sp³-hybridized carbons (Fsp3) is 0.444. The summed E-state index contributed by atoms with van der Waals surface area (Å²) in [6, 6.07) is 7.59. The van der Waals surface area contributed by atoms with Crippen molar-refractivity contribution in [3.8, 4) is 0 Å². The van der Waals surface area contributed by atoms with E-state index in [0.29, 0.717) is 26.1 Å². The highest BCUT2D eigenvalue weighted by atomic mass is 16.5. The fourth-order valence-corrected chi connectivity index (χ4v) is 3.76. The number of nitrogens with one attached hydrogen (secondary N) is 1. The Morgan fingerprint density at radius 2 is 2.04 bits per heavy atom. The highest BCUT2D eigenvalue weighted by molar-refractivity contribution is 5.96. The lowest BCUT2D eigenvalue weighted by Crippen LogP contribution is -2.61. The summed E-state index contributed by atoms with van der Waals surface area (Å²) >= 11 is 0. The van der Waals surface area contributed by atoms with Gasteiger partial charge in [0.1, 0.15) is 6.04 Å². The summed E-state index contributed by atoms with van der Waals surface area (Å²) in [6.07, 6.45) is 0.540. The number of rotatable bonds is 5. The molecule has 1 aromatic carbocycles. The summed E-state index contributed by atoms with van der Waals surface area (Å²) in [5.74, 6) is -0.0563. The lowest BCUT2D eigenvalue weighted by molar-refractivity contribution is -0.157. The SMILES string of the molecule is O=C1C2Cc3c([nH]c4ccccc34)CN2C(=O)CN1CCOCCO. The number of H-pyrrole nitrogens is 1. The molecule has 2 N–H and O–H groups in total. The van der Waals surface area contributed by atoms with Crippen molar-refractivity contribution in [1.29, 1.82) is 0 Å². The number of hydrogen-bond acceptors (Lipinski definition) is 4. The van der Waals surface area contributed by atoms with Crippen LogP contribution in [0.1, 0.15) is 11.3 Å². The molecule has 2 aromatic rings. The quantitative estimate of drug-likeness (QED) is 0.763. The van der Waals surface area contributed by atoms with Gasteiger partial charge in [-0.1, -0.05) is 18.2 Å². The van der Waals surface area contributed by atoms with Gasteiger partial charge >= 0.3 is 0 Å². The number of fused-ring (bicyclic) bond motifs is 4. The van der Waals surface area contributed by atoms with Crippen LogP contribution in [0.4, 0.5) is 0 Å². The van der Waals surface area contributed by atoms with Crippen LogP contribution in [-0.2, 0) is 27.3 Å². The Morgan fingerprint density at radius 1 is 1.20 bits per heavy atom. The van der Waals surface area contributed by atoms with Crippen molar-refractivity contribution in [1.82, 2.24) is 14.8 Å². The number of aromatic nitrogens is 1. The van der Waals surface area contributed by atoms with Crippen LogP contribution in [0.25, 0.3) is 10.9 Å². The smallest absolute Gasteiger partial charge is 0.246 e. The summed E-state index contributed by atoms with van der Waals surface area (Å²) in [4.78, 5) is 32.0. The van der Waals surface area contributed by atoms with Crippen LogP contribution in [0.2, 0.25) is 0 Å². The van der Waals surface area contributed by atoms with E-state index in [1.54, 1.807) is 9.80 Å². The van der Waals surface area contributed by atoms with E-state index in [4.69, 9.17) is 9.84 Å². The Morgan fingerprint density at radius 3 is 2.88 bits per heavy atom. The summed E-state index contributed by atoms with van der Waals surface area (Å²) in [5.41, 5.74) is 3.20. The van der Waals surface area contributed by atoms with E-state index in [2.05, 4.69) is 11.1 Å². The Balaban J connectivity index is 1.56. The van der Waals surface area contributed by atoms with Gasteiger partial charge in [-0.3, -0.25) is 9.59 Å². The van der Waals surface area contributed by atoms with Crippen LogP contribution < -0.4 is 0 Å². The third-order valence-corrected chi connectivity index (χ3v) is 4.99. The van der Waals surface area contributed by atoms with Gasteiger partial charge in [0.2, 0.25) is 11.8 Å². The first kappa shape index (κ1) is 16.1. The maximum absolute atomic E-state index is 12.9. The van der Waals surface area contributed by atoms with Crippen molar-refractivity contribution in [3.05, 3.63) is 35.5 Å². The largest absolute Gasteiger partial charge is 0.394 e. The first-order valence-electron chi connectivity index (χ1n) is 8.54. The van der Waals surface area contributed by atoms with Crippen molar-refractivity contribution in [2.75, 3.05) is 32.9 Å². The molecule has 2 amide bonds. The van der Waals surface area contributed by atoms with Gasteiger partial charge < -0.3 is 24.6 Å². The number of para-hydroxylation sites is 1. The van der Waals surface area contributed by atoms with Gasteiger partial charge in [-0.05, 0) is 11.6 Å². The zero-order valence-electron chi connectivity index (χ0n) is 13.9. The van der Waals surface area contributed by atoms with Crippen LogP contribution in [0.15, 0.2) is 24.3 Å². The number of piperazine rings is 1. The van der Waals surface area contributed by atoms with E-state index in [9.17, 15) is 9.59 Å². The van der Waals surface area contributed by atoms with Gasteiger partial charge in [-0.15, -0.1) is 0 Å². The normalized spacial score (nSPS) is 20.1. The van der Waals surface area contributed by atoms with E-state index in [0.717, 1.165) is 22.2 Å². The molecular formula is C18H21N3O4. The Kier molecular flexibility index (Phi) is 4.19. The molecule has 1 unspecified atom stereocenters. The zero-order valence-corrected chi connectivity index (χ0v) is 13.9. The molecule has 1 atom stereocenters. The van der Waals surface area contributed by atoms with Crippen LogP contribution >= 0.6 is 0 Å². The number of aliphatic hydroxyl groups excluding tert-OH is 1. The maximum atomic E-state index is 12.9. The second kappa shape index (κ2) is 6.50. The topological polar surface area (TPSA) is 85.9 Å². The van der Waals surface area contributed by atoms with Crippen LogP contribution in [0.3, 0.4) is 0 Å². The molecule has 4 rings (SSSR count). The number of ether oxygens (including phenoxy) is 1.